The Kier molecular flexibility index (Phi) is 4.22. The van der Waals surface area contributed by atoms with Crippen LogP contribution in [-0.4, -0.2) is 37.9 Å². The minimum atomic E-state index is 0.405. The van der Waals surface area contributed by atoms with Crippen molar-refractivity contribution in [3.05, 3.63) is 54.2 Å². The Morgan fingerprint density at radius 1 is 0.929 bits per heavy atom. The minimum absolute atomic E-state index is 0.405. The fraction of sp³-hybridized carbons (Fsp3) is 0.273. The van der Waals surface area contributed by atoms with Crippen molar-refractivity contribution >= 4 is 21.9 Å². The molecule has 0 bridgehead atoms. The molecule has 0 aliphatic carbocycles. The topological polar surface area (TPSA) is 81.5 Å². The van der Waals surface area contributed by atoms with Crippen LogP contribution in [0.15, 0.2) is 42.9 Å². The first-order valence-electron chi connectivity index (χ1n) is 9.65. The lowest BCUT2D eigenvalue weighted by Crippen LogP contribution is -2.29. The average molecular weight is 368 g/mol. The van der Waals surface area contributed by atoms with Gasteiger partial charge >= 0.3 is 0 Å². The molecule has 6 heteroatoms. The molecule has 28 heavy (non-hydrogen) atoms. The summed E-state index contributed by atoms with van der Waals surface area (Å²) in [7, 11) is 0. The fourth-order valence-electron chi connectivity index (χ4n) is 3.93. The average Bonchev–Trinajstić information content (AvgIpc) is 3.12. The van der Waals surface area contributed by atoms with Crippen LogP contribution in [0.3, 0.4) is 0 Å². The van der Waals surface area contributed by atoms with Crippen LogP contribution in [0, 0.1) is 11.3 Å². The highest BCUT2D eigenvalue weighted by Gasteiger charge is 2.12. The van der Waals surface area contributed by atoms with Crippen LogP contribution in [0.25, 0.3) is 33.1 Å². The van der Waals surface area contributed by atoms with E-state index in [1.165, 1.54) is 32.4 Å². The molecule has 1 fully saturated rings. The normalized spacial score (nSPS) is 15.1. The number of nitrogens with one attached hydrogen (secondary N) is 1. The van der Waals surface area contributed by atoms with Gasteiger partial charge in [-0.3, -0.25) is 9.88 Å². The van der Waals surface area contributed by atoms with Crippen LogP contribution in [0.4, 0.5) is 0 Å². The van der Waals surface area contributed by atoms with Gasteiger partial charge in [0.05, 0.1) is 17.4 Å². The van der Waals surface area contributed by atoms with Crippen molar-refractivity contribution in [1.82, 2.24) is 24.8 Å². The van der Waals surface area contributed by atoms with E-state index in [4.69, 9.17) is 5.26 Å². The standard InChI is InChI=1S/C22H20N6/c23-10-18-9-19-20-8-16(12-26-22(20)27-21(19)13-25-18)15-4-5-17(24-11-15)14-28-6-2-1-3-7-28/h4-5,8-9,11-13H,1-3,6-7,14H2,(H,26,27). The predicted molar refractivity (Wildman–Crippen MR) is 108 cm³/mol. The summed E-state index contributed by atoms with van der Waals surface area (Å²) in [6, 6.07) is 10.2. The zero-order valence-corrected chi connectivity index (χ0v) is 15.5. The summed E-state index contributed by atoms with van der Waals surface area (Å²) in [5, 5.41) is 11.1. The highest BCUT2D eigenvalue weighted by Crippen LogP contribution is 2.28. The molecule has 1 N–H and O–H groups in total. The molecule has 138 valence electrons. The van der Waals surface area contributed by atoms with Gasteiger partial charge in [-0.15, -0.1) is 0 Å². The predicted octanol–water partition coefficient (Wildman–Crippen LogP) is 4.03. The van der Waals surface area contributed by atoms with Gasteiger partial charge in [0.25, 0.3) is 0 Å². The molecule has 0 unspecified atom stereocenters. The lowest BCUT2D eigenvalue weighted by molar-refractivity contribution is 0.218. The van der Waals surface area contributed by atoms with E-state index in [1.807, 2.05) is 12.4 Å². The summed E-state index contributed by atoms with van der Waals surface area (Å²) in [5.41, 5.74) is 5.25. The number of hydrogen-bond acceptors (Lipinski definition) is 5. The van der Waals surface area contributed by atoms with Crippen molar-refractivity contribution in [2.45, 2.75) is 25.8 Å². The molecule has 5 heterocycles. The van der Waals surface area contributed by atoms with E-state index in [2.05, 4.69) is 49.1 Å². The maximum absolute atomic E-state index is 9.13. The van der Waals surface area contributed by atoms with Gasteiger partial charge in [0.1, 0.15) is 17.4 Å². The van der Waals surface area contributed by atoms with Crippen molar-refractivity contribution < 1.29 is 0 Å². The summed E-state index contributed by atoms with van der Waals surface area (Å²) in [6.45, 7) is 3.26. The van der Waals surface area contributed by atoms with E-state index in [0.717, 1.165) is 45.3 Å². The van der Waals surface area contributed by atoms with Gasteiger partial charge in [-0.2, -0.15) is 5.26 Å². The number of fused-ring (bicyclic) bond motifs is 3. The molecule has 0 radical (unpaired) electrons. The monoisotopic (exact) mass is 368 g/mol. The number of nitriles is 1. The summed E-state index contributed by atoms with van der Waals surface area (Å²) in [5.74, 6) is 0. The number of likely N-dealkylation sites (tertiary alicyclic amines) is 1. The van der Waals surface area contributed by atoms with E-state index in [0.29, 0.717) is 5.69 Å². The summed E-state index contributed by atoms with van der Waals surface area (Å²) in [6.07, 6.45) is 9.40. The van der Waals surface area contributed by atoms with E-state index >= 15 is 0 Å². The molecular formula is C22H20N6. The SMILES string of the molecule is N#Cc1cc2c(cn1)[nH]c1ncc(-c3ccc(CN4CCCCC4)nc3)cc12. The molecule has 0 atom stereocenters. The Hall–Kier alpha value is -3.30. The summed E-state index contributed by atoms with van der Waals surface area (Å²) in [4.78, 5) is 19.1. The number of aromatic nitrogens is 4. The van der Waals surface area contributed by atoms with Gasteiger partial charge in [-0.1, -0.05) is 12.5 Å². The molecule has 6 nitrogen and oxygen atoms in total. The number of H-pyrrole nitrogens is 1. The quantitative estimate of drug-likeness (QED) is 0.590. The first-order valence-corrected chi connectivity index (χ1v) is 9.65. The van der Waals surface area contributed by atoms with Crippen LogP contribution in [0.2, 0.25) is 0 Å². The molecular weight excluding hydrogens is 348 g/mol. The van der Waals surface area contributed by atoms with Crippen LogP contribution < -0.4 is 0 Å². The van der Waals surface area contributed by atoms with Crippen molar-refractivity contribution in [2.24, 2.45) is 0 Å². The smallest absolute Gasteiger partial charge is 0.141 e. The largest absolute Gasteiger partial charge is 0.338 e. The second kappa shape index (κ2) is 7.02. The number of piperidine rings is 1. The van der Waals surface area contributed by atoms with Crippen LogP contribution >= 0.6 is 0 Å². The molecule has 0 saturated carbocycles. The zero-order chi connectivity index (χ0) is 18.9. The van der Waals surface area contributed by atoms with Gasteiger partial charge in [0.15, 0.2) is 0 Å². The number of nitrogens with zero attached hydrogens (tertiary/aromatic N) is 5. The maximum Gasteiger partial charge on any atom is 0.141 e. The number of pyridine rings is 3. The molecule has 4 aromatic rings. The van der Waals surface area contributed by atoms with E-state index < -0.39 is 0 Å². The van der Waals surface area contributed by atoms with Gasteiger partial charge in [-0.05, 0) is 44.1 Å². The molecule has 0 spiro atoms. The third-order valence-electron chi connectivity index (χ3n) is 5.44. The van der Waals surface area contributed by atoms with Crippen molar-refractivity contribution in [3.63, 3.8) is 0 Å². The molecule has 1 aliphatic heterocycles. The Morgan fingerprint density at radius 2 is 1.79 bits per heavy atom. The molecule has 1 aliphatic rings. The van der Waals surface area contributed by atoms with Crippen molar-refractivity contribution in [2.75, 3.05) is 13.1 Å². The zero-order valence-electron chi connectivity index (χ0n) is 15.5. The third kappa shape index (κ3) is 3.10. The molecule has 0 aromatic carbocycles. The lowest BCUT2D eigenvalue weighted by Gasteiger charge is -2.25. The first-order chi connectivity index (χ1) is 13.8. The second-order valence-corrected chi connectivity index (χ2v) is 7.35. The summed E-state index contributed by atoms with van der Waals surface area (Å²) < 4.78 is 0. The van der Waals surface area contributed by atoms with E-state index in [1.54, 1.807) is 12.3 Å². The Bertz CT molecular complexity index is 1180. The third-order valence-corrected chi connectivity index (χ3v) is 5.44. The van der Waals surface area contributed by atoms with Gasteiger partial charge in [-0.25, -0.2) is 9.97 Å². The van der Waals surface area contributed by atoms with Gasteiger partial charge in [0.2, 0.25) is 0 Å². The van der Waals surface area contributed by atoms with Crippen LogP contribution in [0.5, 0.6) is 0 Å². The maximum atomic E-state index is 9.13. The number of rotatable bonds is 3. The molecule has 5 rings (SSSR count). The fourth-order valence-corrected chi connectivity index (χ4v) is 3.93. The Morgan fingerprint density at radius 3 is 2.57 bits per heavy atom. The first kappa shape index (κ1) is 16.8. The highest BCUT2D eigenvalue weighted by atomic mass is 15.1. The van der Waals surface area contributed by atoms with Crippen LogP contribution in [-0.2, 0) is 6.54 Å². The van der Waals surface area contributed by atoms with Gasteiger partial charge < -0.3 is 4.98 Å². The van der Waals surface area contributed by atoms with E-state index in [9.17, 15) is 0 Å². The lowest BCUT2D eigenvalue weighted by atomic mass is 10.1. The van der Waals surface area contributed by atoms with Crippen molar-refractivity contribution in [1.29, 1.82) is 5.26 Å². The van der Waals surface area contributed by atoms with Crippen molar-refractivity contribution in [3.8, 4) is 17.2 Å². The van der Waals surface area contributed by atoms with E-state index in [-0.39, 0.29) is 0 Å². The Balaban J connectivity index is 1.46. The Labute approximate surface area is 162 Å². The molecule has 4 aromatic heterocycles. The highest BCUT2D eigenvalue weighted by molar-refractivity contribution is 6.06. The second-order valence-electron chi connectivity index (χ2n) is 7.35. The van der Waals surface area contributed by atoms with Gasteiger partial charge in [0, 0.05) is 40.8 Å². The number of hydrogen-bond donors (Lipinski definition) is 1. The molecule has 0 amide bonds. The minimum Gasteiger partial charge on any atom is -0.338 e. The summed E-state index contributed by atoms with van der Waals surface area (Å²) >= 11 is 0. The molecule has 1 saturated heterocycles. The van der Waals surface area contributed by atoms with Crippen LogP contribution in [0.1, 0.15) is 30.7 Å². The number of aromatic amines is 1.